The first-order valence-electron chi connectivity index (χ1n) is 7.55. The molecule has 0 fully saturated rings. The highest BCUT2D eigenvalue weighted by Gasteiger charge is 2.18. The van der Waals surface area contributed by atoms with Gasteiger partial charge in [0.15, 0.2) is 16.7 Å². The monoisotopic (exact) mass is 343 g/mol. The number of nitrogens with zero attached hydrogens (tertiary/aromatic N) is 2. The third-order valence-corrected chi connectivity index (χ3v) is 5.13. The Kier molecular flexibility index (Phi) is 3.65. The number of hydrogen-bond acceptors (Lipinski definition) is 5. The molecule has 1 N–H and O–H groups in total. The van der Waals surface area contributed by atoms with Crippen molar-refractivity contribution in [1.29, 1.82) is 0 Å². The van der Waals surface area contributed by atoms with Crippen molar-refractivity contribution in [3.8, 4) is 11.5 Å². The van der Waals surface area contributed by atoms with Crippen LogP contribution in [0.1, 0.15) is 5.56 Å². The minimum absolute atomic E-state index is 0.224. The molecule has 0 radical (unpaired) electrons. The zero-order valence-corrected chi connectivity index (χ0v) is 14.2. The van der Waals surface area contributed by atoms with Crippen LogP contribution in [0, 0.1) is 0 Å². The summed E-state index contributed by atoms with van der Waals surface area (Å²) in [6, 6.07) is 11.6. The molecule has 6 nitrogen and oxygen atoms in total. The number of para-hydroxylation sites is 1. The van der Waals surface area contributed by atoms with Crippen molar-refractivity contribution in [2.45, 2.75) is 10.9 Å². The molecular weight excluding hydrogens is 326 g/mol. The first-order chi connectivity index (χ1) is 11.6. The number of aromatic nitrogens is 2. The van der Waals surface area contributed by atoms with Gasteiger partial charge in [0.25, 0.3) is 0 Å². The average molecular weight is 343 g/mol. The number of hydrogen-bond donors (Lipinski definition) is 1. The molecule has 1 unspecified atom stereocenters. The molecule has 0 spiro atoms. The zero-order valence-electron chi connectivity index (χ0n) is 13.4. The first kappa shape index (κ1) is 15.0. The van der Waals surface area contributed by atoms with Crippen LogP contribution in [0.3, 0.4) is 0 Å². The van der Waals surface area contributed by atoms with Gasteiger partial charge in [0.2, 0.25) is 6.79 Å². The van der Waals surface area contributed by atoms with Crippen LogP contribution in [0.2, 0.25) is 0 Å². The van der Waals surface area contributed by atoms with Gasteiger partial charge >= 0.3 is 0 Å². The van der Waals surface area contributed by atoms with E-state index >= 15 is 0 Å². The molecule has 2 heterocycles. The molecule has 1 aliphatic heterocycles. The molecular formula is C17H17N3O3S. The topological polar surface area (TPSA) is 67.5 Å². The van der Waals surface area contributed by atoms with E-state index in [9.17, 15) is 4.21 Å². The van der Waals surface area contributed by atoms with E-state index < -0.39 is 10.8 Å². The minimum atomic E-state index is -1.27. The standard InChI is InChI=1S/C17H17N3O3S/c1-20(2)14-6-4-3-5-11(14)9-24(21)17-18-12-7-15-16(23-10-22-15)8-13(12)19-17/h3-8H,9-10H2,1-2H3,(H,18,19). The molecule has 0 bridgehead atoms. The number of benzene rings is 2. The van der Waals surface area contributed by atoms with Gasteiger partial charge in [-0.15, -0.1) is 0 Å². The van der Waals surface area contributed by atoms with E-state index in [-0.39, 0.29) is 6.79 Å². The van der Waals surface area contributed by atoms with Crippen LogP contribution < -0.4 is 14.4 Å². The summed E-state index contributed by atoms with van der Waals surface area (Å²) in [5.41, 5.74) is 3.60. The number of anilines is 1. The van der Waals surface area contributed by atoms with Gasteiger partial charge in [-0.25, -0.2) is 4.98 Å². The quantitative estimate of drug-likeness (QED) is 0.789. The fraction of sp³-hybridized carbons (Fsp3) is 0.235. The second kappa shape index (κ2) is 5.83. The summed E-state index contributed by atoms with van der Waals surface area (Å²) >= 11 is 0. The molecule has 0 aliphatic carbocycles. The Hall–Kier alpha value is -2.54. The van der Waals surface area contributed by atoms with Crippen molar-refractivity contribution in [3.05, 3.63) is 42.0 Å². The van der Waals surface area contributed by atoms with Gasteiger partial charge in [0.1, 0.15) is 0 Å². The molecule has 24 heavy (non-hydrogen) atoms. The lowest BCUT2D eigenvalue weighted by atomic mass is 10.2. The highest BCUT2D eigenvalue weighted by Crippen LogP contribution is 2.35. The molecule has 124 valence electrons. The number of H-pyrrole nitrogens is 1. The lowest BCUT2D eigenvalue weighted by Gasteiger charge is -2.16. The molecule has 4 rings (SSSR count). The van der Waals surface area contributed by atoms with Crippen LogP contribution in [0.5, 0.6) is 11.5 Å². The van der Waals surface area contributed by atoms with Gasteiger partial charge in [-0.3, -0.25) is 4.21 Å². The summed E-state index contributed by atoms with van der Waals surface area (Å²) < 4.78 is 23.5. The Labute approximate surface area is 141 Å². The minimum Gasteiger partial charge on any atom is -0.454 e. The van der Waals surface area contributed by atoms with Gasteiger partial charge in [-0.2, -0.15) is 0 Å². The molecule has 1 atom stereocenters. The van der Waals surface area contributed by atoms with E-state index in [4.69, 9.17) is 9.47 Å². The van der Waals surface area contributed by atoms with Crippen molar-refractivity contribution in [2.75, 3.05) is 25.8 Å². The average Bonchev–Trinajstić information content (AvgIpc) is 3.18. The molecule has 3 aromatic rings. The SMILES string of the molecule is CN(C)c1ccccc1CS(=O)c1nc2cc3c(cc2[nH]1)OCO3. The first-order valence-corrected chi connectivity index (χ1v) is 8.86. The number of nitrogens with one attached hydrogen (secondary N) is 1. The van der Waals surface area contributed by atoms with Gasteiger partial charge < -0.3 is 19.4 Å². The summed E-state index contributed by atoms with van der Waals surface area (Å²) in [5, 5.41) is 0.460. The molecule has 0 saturated carbocycles. The number of rotatable bonds is 4. The van der Waals surface area contributed by atoms with Crippen LogP contribution in [-0.2, 0) is 16.6 Å². The van der Waals surface area contributed by atoms with E-state index in [2.05, 4.69) is 9.97 Å². The third kappa shape index (κ3) is 2.60. The van der Waals surface area contributed by atoms with E-state index in [1.807, 2.05) is 55.4 Å². The Morgan fingerprint density at radius 1 is 1.21 bits per heavy atom. The van der Waals surface area contributed by atoms with Gasteiger partial charge in [-0.1, -0.05) is 18.2 Å². The van der Waals surface area contributed by atoms with Crippen LogP contribution in [0.15, 0.2) is 41.6 Å². The Morgan fingerprint density at radius 3 is 2.75 bits per heavy atom. The van der Waals surface area contributed by atoms with Gasteiger partial charge in [0, 0.05) is 31.9 Å². The molecule has 2 aromatic carbocycles. The van der Waals surface area contributed by atoms with Gasteiger partial charge in [0.05, 0.1) is 27.6 Å². The number of imidazole rings is 1. The highest BCUT2D eigenvalue weighted by molar-refractivity contribution is 7.84. The maximum absolute atomic E-state index is 12.7. The number of ether oxygens (including phenoxy) is 2. The lowest BCUT2D eigenvalue weighted by molar-refractivity contribution is 0.174. The molecule has 7 heteroatoms. The van der Waals surface area contributed by atoms with Gasteiger partial charge in [-0.05, 0) is 11.6 Å². The normalized spacial score (nSPS) is 14.1. The molecule has 0 saturated heterocycles. The smallest absolute Gasteiger partial charge is 0.231 e. The summed E-state index contributed by atoms with van der Waals surface area (Å²) in [6.45, 7) is 0.224. The van der Waals surface area contributed by atoms with Crippen molar-refractivity contribution < 1.29 is 13.7 Å². The summed E-state index contributed by atoms with van der Waals surface area (Å²) in [5.74, 6) is 1.76. The summed E-state index contributed by atoms with van der Waals surface area (Å²) in [4.78, 5) is 9.61. The lowest BCUT2D eigenvalue weighted by Crippen LogP contribution is -2.12. The molecule has 1 aliphatic rings. The van der Waals surface area contributed by atoms with Crippen LogP contribution in [-0.4, -0.2) is 35.1 Å². The predicted molar refractivity (Wildman–Crippen MR) is 93.1 cm³/mol. The van der Waals surface area contributed by atoms with Crippen LogP contribution in [0.4, 0.5) is 5.69 Å². The van der Waals surface area contributed by atoms with Crippen LogP contribution in [0.25, 0.3) is 11.0 Å². The van der Waals surface area contributed by atoms with E-state index in [0.29, 0.717) is 22.4 Å². The maximum atomic E-state index is 12.7. The number of fused-ring (bicyclic) bond motifs is 2. The maximum Gasteiger partial charge on any atom is 0.231 e. The Balaban J connectivity index is 1.64. The van der Waals surface area contributed by atoms with E-state index in [0.717, 1.165) is 22.3 Å². The Bertz CT molecular complexity index is 895. The van der Waals surface area contributed by atoms with E-state index in [1.54, 1.807) is 0 Å². The second-order valence-corrected chi connectivity index (χ2v) is 7.14. The summed E-state index contributed by atoms with van der Waals surface area (Å²) in [6.07, 6.45) is 0. The third-order valence-electron chi connectivity index (χ3n) is 3.93. The van der Waals surface area contributed by atoms with Crippen molar-refractivity contribution >= 4 is 27.5 Å². The molecule has 1 aromatic heterocycles. The number of aromatic amines is 1. The van der Waals surface area contributed by atoms with Crippen molar-refractivity contribution in [3.63, 3.8) is 0 Å². The highest BCUT2D eigenvalue weighted by atomic mass is 32.2. The largest absolute Gasteiger partial charge is 0.454 e. The Morgan fingerprint density at radius 2 is 1.96 bits per heavy atom. The molecule has 0 amide bonds. The van der Waals surface area contributed by atoms with E-state index in [1.165, 1.54) is 0 Å². The second-order valence-electron chi connectivity index (χ2n) is 5.78. The summed E-state index contributed by atoms with van der Waals surface area (Å²) in [7, 11) is 2.69. The fourth-order valence-corrected chi connectivity index (χ4v) is 3.85. The van der Waals surface area contributed by atoms with Crippen molar-refractivity contribution in [2.24, 2.45) is 0 Å². The van der Waals surface area contributed by atoms with Crippen molar-refractivity contribution in [1.82, 2.24) is 9.97 Å². The fourth-order valence-electron chi connectivity index (χ4n) is 2.76. The van der Waals surface area contributed by atoms with Crippen LogP contribution >= 0.6 is 0 Å². The predicted octanol–water partition coefficient (Wildman–Crippen LogP) is 2.67. The zero-order chi connectivity index (χ0) is 16.7.